The van der Waals surface area contributed by atoms with Gasteiger partial charge in [0.05, 0.1) is 15.0 Å². The van der Waals surface area contributed by atoms with E-state index in [1.165, 1.54) is 16.4 Å². The molecule has 152 valence electrons. The number of nitrogens with zero attached hydrogens (tertiary/aromatic N) is 1. The molecule has 0 aliphatic carbocycles. The lowest BCUT2D eigenvalue weighted by Gasteiger charge is -2.31. The van der Waals surface area contributed by atoms with Crippen LogP contribution in [0.1, 0.15) is 29.5 Å². The van der Waals surface area contributed by atoms with E-state index in [4.69, 9.17) is 0 Å². The van der Waals surface area contributed by atoms with Crippen molar-refractivity contribution in [2.75, 3.05) is 13.1 Å². The lowest BCUT2D eigenvalue weighted by Crippen LogP contribution is -2.42. The average Bonchev–Trinajstić information content (AvgIpc) is 2.61. The van der Waals surface area contributed by atoms with Crippen molar-refractivity contribution in [2.24, 2.45) is 0 Å². The smallest absolute Gasteiger partial charge is 0.223 e. The van der Waals surface area contributed by atoms with Crippen molar-refractivity contribution < 1.29 is 21.2 Å². The molecule has 1 heterocycles. The van der Waals surface area contributed by atoms with Gasteiger partial charge >= 0.3 is 0 Å². The third-order valence-electron chi connectivity index (χ3n) is 5.18. The summed E-state index contributed by atoms with van der Waals surface area (Å²) in [6, 6.07) is 8.43. The molecule has 0 spiro atoms. The highest BCUT2D eigenvalue weighted by atomic mass is 32.2. The Morgan fingerprint density at radius 2 is 1.39 bits per heavy atom. The van der Waals surface area contributed by atoms with Gasteiger partial charge in [-0.15, -0.1) is 0 Å². The van der Waals surface area contributed by atoms with Crippen LogP contribution in [0.25, 0.3) is 0 Å². The van der Waals surface area contributed by atoms with Gasteiger partial charge in [0.1, 0.15) is 5.82 Å². The van der Waals surface area contributed by atoms with Crippen LogP contribution in [0.4, 0.5) is 4.39 Å². The fourth-order valence-electron chi connectivity index (χ4n) is 3.90. The van der Waals surface area contributed by atoms with Crippen molar-refractivity contribution in [1.82, 2.24) is 4.31 Å². The quantitative estimate of drug-likeness (QED) is 0.704. The minimum atomic E-state index is -3.69. The van der Waals surface area contributed by atoms with Crippen molar-refractivity contribution in [3.05, 3.63) is 58.9 Å². The van der Waals surface area contributed by atoms with E-state index in [0.717, 1.165) is 17.7 Å². The number of halogens is 1. The minimum Gasteiger partial charge on any atom is -0.223 e. The lowest BCUT2D eigenvalue weighted by atomic mass is 10.1. The Morgan fingerprint density at radius 1 is 0.893 bits per heavy atom. The number of sulfone groups is 1. The first-order valence-corrected chi connectivity index (χ1v) is 12.1. The van der Waals surface area contributed by atoms with Crippen LogP contribution in [0.5, 0.6) is 0 Å². The van der Waals surface area contributed by atoms with Crippen LogP contribution >= 0.6 is 0 Å². The standard InChI is InChI=1S/C20H24FNO4S2/c1-14-12-15(2)20(16(3)13-14)28(25,26)22-10-8-19(9-11-22)27(23,24)18-6-4-17(21)5-7-18/h4-7,12-13,19H,8-11H2,1-3H3. The molecule has 2 aromatic carbocycles. The molecule has 28 heavy (non-hydrogen) atoms. The molecule has 0 aromatic heterocycles. The van der Waals surface area contributed by atoms with Crippen LogP contribution in [0.2, 0.25) is 0 Å². The summed E-state index contributed by atoms with van der Waals surface area (Å²) in [4.78, 5) is 0.373. The highest BCUT2D eigenvalue weighted by molar-refractivity contribution is 7.92. The average molecular weight is 426 g/mol. The summed E-state index contributed by atoms with van der Waals surface area (Å²) in [6.45, 7) is 5.75. The van der Waals surface area contributed by atoms with Gasteiger partial charge < -0.3 is 0 Å². The first-order chi connectivity index (χ1) is 13.0. The number of rotatable bonds is 4. The van der Waals surface area contributed by atoms with Gasteiger partial charge in [0.15, 0.2) is 9.84 Å². The second kappa shape index (κ2) is 7.57. The van der Waals surface area contributed by atoms with Crippen LogP contribution in [0.3, 0.4) is 0 Å². The molecular weight excluding hydrogens is 401 g/mol. The van der Waals surface area contributed by atoms with Gasteiger partial charge in [0.2, 0.25) is 10.0 Å². The topological polar surface area (TPSA) is 71.5 Å². The van der Waals surface area contributed by atoms with Crippen molar-refractivity contribution in [1.29, 1.82) is 0 Å². The second-order valence-electron chi connectivity index (χ2n) is 7.33. The molecule has 1 fully saturated rings. The van der Waals surface area contributed by atoms with E-state index in [1.807, 2.05) is 19.1 Å². The number of aryl methyl sites for hydroxylation is 3. The first-order valence-electron chi connectivity index (χ1n) is 9.11. The van der Waals surface area contributed by atoms with Gasteiger partial charge in [-0.3, -0.25) is 0 Å². The molecular formula is C20H24FNO4S2. The van der Waals surface area contributed by atoms with Crippen LogP contribution < -0.4 is 0 Å². The first kappa shape index (κ1) is 21.0. The Hall–Kier alpha value is -1.77. The Morgan fingerprint density at radius 3 is 1.89 bits per heavy atom. The Balaban J connectivity index is 1.81. The monoisotopic (exact) mass is 425 g/mol. The van der Waals surface area contributed by atoms with Crippen LogP contribution in [-0.2, 0) is 19.9 Å². The zero-order valence-corrected chi connectivity index (χ0v) is 17.8. The SMILES string of the molecule is Cc1cc(C)c(S(=O)(=O)N2CCC(S(=O)(=O)c3ccc(F)cc3)CC2)c(C)c1. The normalized spacial score (nSPS) is 17.0. The zero-order chi connectivity index (χ0) is 20.7. The molecule has 3 rings (SSSR count). The molecule has 1 aliphatic rings. The van der Waals surface area contributed by atoms with Crippen LogP contribution in [0, 0.1) is 26.6 Å². The number of benzene rings is 2. The van der Waals surface area contributed by atoms with Gasteiger partial charge in [-0.25, -0.2) is 21.2 Å². The number of hydrogen-bond acceptors (Lipinski definition) is 4. The Kier molecular flexibility index (Phi) is 5.67. The highest BCUT2D eigenvalue weighted by Gasteiger charge is 2.36. The molecule has 1 saturated heterocycles. The Bertz CT molecular complexity index is 1060. The van der Waals surface area contributed by atoms with Gasteiger partial charge in [-0.05, 0) is 69.0 Å². The van der Waals surface area contributed by atoms with Crippen molar-refractivity contribution in [3.8, 4) is 0 Å². The fourth-order valence-corrected chi connectivity index (χ4v) is 7.52. The fraction of sp³-hybridized carbons (Fsp3) is 0.400. The third-order valence-corrected chi connectivity index (χ3v) is 9.67. The Labute approximate surface area is 166 Å². The van der Waals surface area contributed by atoms with E-state index in [0.29, 0.717) is 16.0 Å². The maximum atomic E-state index is 13.1. The maximum absolute atomic E-state index is 13.1. The molecule has 0 amide bonds. The molecule has 0 bridgehead atoms. The summed E-state index contributed by atoms with van der Waals surface area (Å²) in [6.07, 6.45) is 0.422. The van der Waals surface area contributed by atoms with Crippen molar-refractivity contribution in [2.45, 2.75) is 48.7 Å². The second-order valence-corrected chi connectivity index (χ2v) is 11.4. The molecule has 0 N–H and O–H groups in total. The molecule has 0 saturated carbocycles. The summed E-state index contributed by atoms with van der Waals surface area (Å²) in [7, 11) is -7.31. The summed E-state index contributed by atoms with van der Waals surface area (Å²) in [5, 5.41) is -0.676. The number of sulfonamides is 1. The molecule has 1 aliphatic heterocycles. The van der Waals surface area contributed by atoms with Crippen molar-refractivity contribution in [3.63, 3.8) is 0 Å². The van der Waals surface area contributed by atoms with E-state index in [9.17, 15) is 21.2 Å². The van der Waals surface area contributed by atoms with Crippen LogP contribution in [-0.4, -0.2) is 39.5 Å². The van der Waals surface area contributed by atoms with Gasteiger partial charge in [-0.2, -0.15) is 4.31 Å². The molecule has 0 radical (unpaired) electrons. The summed E-state index contributed by atoms with van der Waals surface area (Å²) >= 11 is 0. The predicted molar refractivity (Wildman–Crippen MR) is 106 cm³/mol. The number of hydrogen-bond donors (Lipinski definition) is 0. The van der Waals surface area contributed by atoms with E-state index in [1.54, 1.807) is 13.8 Å². The molecule has 0 unspecified atom stereocenters. The largest absolute Gasteiger partial charge is 0.243 e. The van der Waals surface area contributed by atoms with Gasteiger partial charge in [0, 0.05) is 13.1 Å². The summed E-state index contributed by atoms with van der Waals surface area (Å²) < 4.78 is 66.3. The molecule has 8 heteroatoms. The third kappa shape index (κ3) is 3.86. The summed E-state index contributed by atoms with van der Waals surface area (Å²) in [5.41, 5.74) is 2.38. The van der Waals surface area contributed by atoms with Crippen LogP contribution in [0.15, 0.2) is 46.2 Å². The van der Waals surface area contributed by atoms with Gasteiger partial charge in [0.25, 0.3) is 0 Å². The van der Waals surface area contributed by atoms with E-state index >= 15 is 0 Å². The number of piperidine rings is 1. The molecule has 0 atom stereocenters. The zero-order valence-electron chi connectivity index (χ0n) is 16.1. The van der Waals surface area contributed by atoms with E-state index < -0.39 is 30.9 Å². The molecule has 2 aromatic rings. The predicted octanol–water partition coefficient (Wildman–Crippen LogP) is 3.38. The van der Waals surface area contributed by atoms with Crippen molar-refractivity contribution >= 4 is 19.9 Å². The maximum Gasteiger partial charge on any atom is 0.243 e. The van der Waals surface area contributed by atoms with Gasteiger partial charge in [-0.1, -0.05) is 17.7 Å². The van der Waals surface area contributed by atoms with E-state index in [-0.39, 0.29) is 30.8 Å². The highest BCUT2D eigenvalue weighted by Crippen LogP contribution is 2.30. The van der Waals surface area contributed by atoms with E-state index in [2.05, 4.69) is 0 Å². The lowest BCUT2D eigenvalue weighted by molar-refractivity contribution is 0.345. The minimum absolute atomic E-state index is 0.0698. The summed E-state index contributed by atoms with van der Waals surface area (Å²) in [5.74, 6) is -0.497. The molecule has 5 nitrogen and oxygen atoms in total.